The van der Waals surface area contributed by atoms with E-state index in [4.69, 9.17) is 10.5 Å². The monoisotopic (exact) mass is 310 g/mol. The summed E-state index contributed by atoms with van der Waals surface area (Å²) >= 11 is 0. The number of methoxy groups -OCH3 is 1. The Balaban J connectivity index is 0.00000162. The van der Waals surface area contributed by atoms with Gasteiger partial charge in [-0.1, -0.05) is 12.1 Å². The predicted octanol–water partition coefficient (Wildman–Crippen LogP) is 2.39. The van der Waals surface area contributed by atoms with Gasteiger partial charge >= 0.3 is 0 Å². The van der Waals surface area contributed by atoms with Crippen LogP contribution >= 0.6 is 24.8 Å². The summed E-state index contributed by atoms with van der Waals surface area (Å²) in [5.74, 6) is -0.216. The van der Waals surface area contributed by atoms with Gasteiger partial charge in [-0.05, 0) is 30.7 Å². The van der Waals surface area contributed by atoms with Crippen LogP contribution in [-0.4, -0.2) is 37.7 Å². The minimum atomic E-state index is -0.216. The molecule has 1 fully saturated rings. The van der Waals surface area contributed by atoms with Crippen LogP contribution in [0.3, 0.4) is 0 Å². The molecular formula is C13H21Cl2FN2O. The highest BCUT2D eigenvalue weighted by Gasteiger charge is 2.22. The van der Waals surface area contributed by atoms with E-state index in [0.717, 1.165) is 31.6 Å². The second-order valence-electron chi connectivity index (χ2n) is 4.58. The highest BCUT2D eigenvalue weighted by molar-refractivity contribution is 5.85. The Labute approximate surface area is 126 Å². The summed E-state index contributed by atoms with van der Waals surface area (Å²) < 4.78 is 18.3. The molecule has 19 heavy (non-hydrogen) atoms. The van der Waals surface area contributed by atoms with E-state index in [9.17, 15) is 4.39 Å². The predicted molar refractivity (Wildman–Crippen MR) is 79.7 cm³/mol. The average molecular weight is 311 g/mol. The topological polar surface area (TPSA) is 38.5 Å². The lowest BCUT2D eigenvalue weighted by molar-refractivity contribution is 0.0706. The number of ether oxygens (including phenoxy) is 1. The van der Waals surface area contributed by atoms with E-state index in [2.05, 4.69) is 4.90 Å². The molecule has 0 aliphatic carbocycles. The molecule has 0 bridgehead atoms. The molecule has 0 amide bonds. The van der Waals surface area contributed by atoms with Crippen LogP contribution in [0.2, 0.25) is 0 Å². The molecule has 110 valence electrons. The van der Waals surface area contributed by atoms with Crippen molar-refractivity contribution < 1.29 is 9.13 Å². The van der Waals surface area contributed by atoms with Gasteiger partial charge in [-0.25, -0.2) is 4.39 Å². The standard InChI is InChI=1S/C13H19FN2O.2ClH/c1-17-13(9-16-7-6-12(15)8-16)10-2-4-11(14)5-3-10;;/h2-5,12-13H,6-9,15H2,1H3;2*1H. The molecule has 2 N–H and O–H groups in total. The van der Waals surface area contributed by atoms with Crippen LogP contribution in [0.1, 0.15) is 18.1 Å². The second-order valence-corrected chi connectivity index (χ2v) is 4.58. The largest absolute Gasteiger partial charge is 0.375 e. The molecule has 1 aliphatic rings. The second kappa shape index (κ2) is 8.72. The molecule has 0 spiro atoms. The maximum atomic E-state index is 12.8. The zero-order valence-corrected chi connectivity index (χ0v) is 12.6. The number of likely N-dealkylation sites (tertiary alicyclic amines) is 1. The summed E-state index contributed by atoms with van der Waals surface area (Å²) in [6.07, 6.45) is 1.03. The SMILES string of the molecule is COC(CN1CCC(N)C1)c1ccc(F)cc1.Cl.Cl. The van der Waals surface area contributed by atoms with E-state index in [1.807, 2.05) is 0 Å². The number of nitrogens with two attached hydrogens (primary N) is 1. The Morgan fingerprint density at radius 2 is 2.00 bits per heavy atom. The first kappa shape index (κ1) is 18.6. The van der Waals surface area contributed by atoms with Gasteiger partial charge in [-0.2, -0.15) is 0 Å². The highest BCUT2D eigenvalue weighted by Crippen LogP contribution is 2.20. The van der Waals surface area contributed by atoms with Crippen LogP contribution in [-0.2, 0) is 4.74 Å². The molecule has 0 aromatic heterocycles. The maximum absolute atomic E-state index is 12.8. The molecule has 2 unspecified atom stereocenters. The third-order valence-electron chi connectivity index (χ3n) is 3.26. The van der Waals surface area contributed by atoms with E-state index in [1.165, 1.54) is 12.1 Å². The van der Waals surface area contributed by atoms with E-state index < -0.39 is 0 Å². The molecule has 1 aromatic carbocycles. The van der Waals surface area contributed by atoms with Crippen molar-refractivity contribution in [2.45, 2.75) is 18.6 Å². The first-order valence-corrected chi connectivity index (χ1v) is 5.95. The van der Waals surface area contributed by atoms with Gasteiger partial charge in [0.1, 0.15) is 5.82 Å². The average Bonchev–Trinajstić information content (AvgIpc) is 2.73. The van der Waals surface area contributed by atoms with Crippen molar-refractivity contribution in [3.05, 3.63) is 35.6 Å². The van der Waals surface area contributed by atoms with Gasteiger partial charge in [0, 0.05) is 26.2 Å². The minimum Gasteiger partial charge on any atom is -0.375 e. The highest BCUT2D eigenvalue weighted by atomic mass is 35.5. The Bertz CT molecular complexity index is 364. The Morgan fingerprint density at radius 1 is 1.37 bits per heavy atom. The van der Waals surface area contributed by atoms with Crippen LogP contribution in [0.25, 0.3) is 0 Å². The Morgan fingerprint density at radius 3 is 2.47 bits per heavy atom. The van der Waals surface area contributed by atoms with Crippen molar-refractivity contribution >= 4 is 24.8 Å². The summed E-state index contributed by atoms with van der Waals surface area (Å²) in [4.78, 5) is 2.29. The van der Waals surface area contributed by atoms with E-state index >= 15 is 0 Å². The van der Waals surface area contributed by atoms with Crippen molar-refractivity contribution in [1.82, 2.24) is 4.90 Å². The number of hydrogen-bond acceptors (Lipinski definition) is 3. The fraction of sp³-hybridized carbons (Fsp3) is 0.538. The lowest BCUT2D eigenvalue weighted by Crippen LogP contribution is -2.30. The molecule has 0 radical (unpaired) electrons. The first-order chi connectivity index (χ1) is 8.19. The smallest absolute Gasteiger partial charge is 0.123 e. The summed E-state index contributed by atoms with van der Waals surface area (Å²) in [6, 6.07) is 6.77. The van der Waals surface area contributed by atoms with Crippen LogP contribution < -0.4 is 5.73 Å². The summed E-state index contributed by atoms with van der Waals surface area (Å²) in [6.45, 7) is 2.75. The molecule has 1 aromatic rings. The van der Waals surface area contributed by atoms with E-state index in [0.29, 0.717) is 0 Å². The van der Waals surface area contributed by atoms with Crippen molar-refractivity contribution in [1.29, 1.82) is 0 Å². The molecular weight excluding hydrogens is 290 g/mol. The van der Waals surface area contributed by atoms with Gasteiger partial charge in [0.2, 0.25) is 0 Å². The van der Waals surface area contributed by atoms with Crippen molar-refractivity contribution in [3.8, 4) is 0 Å². The Kier molecular flexibility index (Phi) is 8.54. The summed E-state index contributed by atoms with van der Waals surface area (Å²) in [7, 11) is 1.68. The molecule has 2 rings (SSSR count). The summed E-state index contributed by atoms with van der Waals surface area (Å²) in [5, 5.41) is 0. The van der Waals surface area contributed by atoms with Gasteiger partial charge in [0.15, 0.2) is 0 Å². The number of nitrogens with zero attached hydrogens (tertiary/aromatic N) is 1. The van der Waals surface area contributed by atoms with E-state index in [1.54, 1.807) is 19.2 Å². The van der Waals surface area contributed by atoms with Crippen LogP contribution in [0.5, 0.6) is 0 Å². The zero-order valence-electron chi connectivity index (χ0n) is 10.9. The first-order valence-electron chi connectivity index (χ1n) is 5.95. The maximum Gasteiger partial charge on any atom is 0.123 e. The van der Waals surface area contributed by atoms with Crippen LogP contribution in [0.4, 0.5) is 4.39 Å². The number of benzene rings is 1. The lowest BCUT2D eigenvalue weighted by Gasteiger charge is -2.22. The summed E-state index contributed by atoms with van der Waals surface area (Å²) in [5.41, 5.74) is 6.88. The molecule has 1 heterocycles. The van der Waals surface area contributed by atoms with Gasteiger partial charge in [0.05, 0.1) is 6.10 Å². The fourth-order valence-electron chi connectivity index (χ4n) is 2.26. The molecule has 1 aliphatic heterocycles. The van der Waals surface area contributed by atoms with E-state index in [-0.39, 0.29) is 42.8 Å². The zero-order chi connectivity index (χ0) is 12.3. The van der Waals surface area contributed by atoms with Crippen molar-refractivity contribution in [2.75, 3.05) is 26.7 Å². The van der Waals surface area contributed by atoms with Crippen LogP contribution in [0.15, 0.2) is 24.3 Å². The van der Waals surface area contributed by atoms with Gasteiger partial charge in [0.25, 0.3) is 0 Å². The normalized spacial score (nSPS) is 20.5. The Hall–Kier alpha value is -0.390. The quantitative estimate of drug-likeness (QED) is 0.928. The number of hydrogen-bond donors (Lipinski definition) is 1. The van der Waals surface area contributed by atoms with Crippen LogP contribution in [0, 0.1) is 5.82 Å². The third-order valence-corrected chi connectivity index (χ3v) is 3.26. The molecule has 0 saturated carbocycles. The minimum absolute atomic E-state index is 0. The van der Waals surface area contributed by atoms with Gasteiger partial charge < -0.3 is 10.5 Å². The lowest BCUT2D eigenvalue weighted by atomic mass is 10.1. The fourth-order valence-corrected chi connectivity index (χ4v) is 2.26. The third kappa shape index (κ3) is 5.24. The molecule has 3 nitrogen and oxygen atoms in total. The van der Waals surface area contributed by atoms with Crippen molar-refractivity contribution in [3.63, 3.8) is 0 Å². The van der Waals surface area contributed by atoms with Gasteiger partial charge in [-0.3, -0.25) is 4.90 Å². The molecule has 1 saturated heterocycles. The molecule has 6 heteroatoms. The van der Waals surface area contributed by atoms with Gasteiger partial charge in [-0.15, -0.1) is 24.8 Å². The number of halogens is 3. The van der Waals surface area contributed by atoms with Crippen molar-refractivity contribution in [2.24, 2.45) is 5.73 Å². The molecule has 2 atom stereocenters. The number of rotatable bonds is 4.